The standard InChI is InChI=1S/C18H23N3/c19-18-11-15-5-2-1-4-14(15)10-16(18)12-20-8-9-21-7-3-6-17(21)13-20/h1-2,4-5,10-11,17H,3,6-9,12-13,19H2. The fourth-order valence-corrected chi connectivity index (χ4v) is 3.88. The highest BCUT2D eigenvalue weighted by Gasteiger charge is 2.30. The maximum atomic E-state index is 6.27. The Balaban J connectivity index is 1.55. The summed E-state index contributed by atoms with van der Waals surface area (Å²) in [7, 11) is 0. The molecule has 3 nitrogen and oxygen atoms in total. The van der Waals surface area contributed by atoms with E-state index in [1.165, 1.54) is 55.4 Å². The van der Waals surface area contributed by atoms with Gasteiger partial charge in [-0.25, -0.2) is 0 Å². The molecule has 2 aromatic rings. The molecule has 0 spiro atoms. The molecule has 4 rings (SSSR count). The quantitative estimate of drug-likeness (QED) is 0.859. The number of piperazine rings is 1. The van der Waals surface area contributed by atoms with Crippen LogP contribution in [0.15, 0.2) is 36.4 Å². The molecule has 1 unspecified atom stereocenters. The molecule has 0 aliphatic carbocycles. The second-order valence-electron chi connectivity index (χ2n) is 6.47. The third-order valence-electron chi connectivity index (χ3n) is 5.07. The van der Waals surface area contributed by atoms with Gasteiger partial charge in [0, 0.05) is 37.9 Å². The topological polar surface area (TPSA) is 32.5 Å². The van der Waals surface area contributed by atoms with Crippen molar-refractivity contribution >= 4 is 16.5 Å². The average molecular weight is 281 g/mol. The minimum atomic E-state index is 0.778. The normalized spacial score (nSPS) is 23.5. The molecule has 2 aliphatic heterocycles. The lowest BCUT2D eigenvalue weighted by Crippen LogP contribution is -2.49. The molecule has 0 amide bonds. The molecule has 110 valence electrons. The van der Waals surface area contributed by atoms with Gasteiger partial charge in [-0.3, -0.25) is 9.80 Å². The highest BCUT2D eigenvalue weighted by molar-refractivity contribution is 5.86. The molecule has 1 atom stereocenters. The van der Waals surface area contributed by atoms with Crippen LogP contribution in [0, 0.1) is 0 Å². The molecule has 0 bridgehead atoms. The second kappa shape index (κ2) is 5.32. The Morgan fingerprint density at radius 2 is 1.86 bits per heavy atom. The molecule has 2 aliphatic rings. The number of anilines is 1. The van der Waals surface area contributed by atoms with Crippen molar-refractivity contribution in [1.82, 2.24) is 9.80 Å². The highest BCUT2D eigenvalue weighted by atomic mass is 15.3. The van der Waals surface area contributed by atoms with Crippen LogP contribution in [0.1, 0.15) is 18.4 Å². The summed E-state index contributed by atoms with van der Waals surface area (Å²) < 4.78 is 0. The van der Waals surface area contributed by atoms with E-state index in [1.54, 1.807) is 0 Å². The number of fused-ring (bicyclic) bond motifs is 2. The summed E-state index contributed by atoms with van der Waals surface area (Å²) in [5.41, 5.74) is 8.48. The van der Waals surface area contributed by atoms with E-state index in [-0.39, 0.29) is 0 Å². The summed E-state index contributed by atoms with van der Waals surface area (Å²) in [6, 6.07) is 13.6. The summed E-state index contributed by atoms with van der Waals surface area (Å²) in [5, 5.41) is 2.53. The second-order valence-corrected chi connectivity index (χ2v) is 6.47. The van der Waals surface area contributed by atoms with E-state index in [4.69, 9.17) is 5.73 Å². The van der Waals surface area contributed by atoms with E-state index < -0.39 is 0 Å². The maximum Gasteiger partial charge on any atom is 0.0366 e. The van der Waals surface area contributed by atoms with Gasteiger partial charge in [-0.1, -0.05) is 24.3 Å². The molecular weight excluding hydrogens is 258 g/mol. The smallest absolute Gasteiger partial charge is 0.0366 e. The Kier molecular flexibility index (Phi) is 3.32. The zero-order valence-electron chi connectivity index (χ0n) is 12.5. The lowest BCUT2D eigenvalue weighted by Gasteiger charge is -2.37. The summed E-state index contributed by atoms with van der Waals surface area (Å²) in [6.45, 7) is 5.88. The fourth-order valence-electron chi connectivity index (χ4n) is 3.88. The summed E-state index contributed by atoms with van der Waals surface area (Å²) in [4.78, 5) is 5.23. The predicted octanol–water partition coefficient (Wildman–Crippen LogP) is 2.70. The Labute approximate surface area is 126 Å². The van der Waals surface area contributed by atoms with Gasteiger partial charge in [0.15, 0.2) is 0 Å². The van der Waals surface area contributed by atoms with E-state index in [0.717, 1.165) is 18.3 Å². The van der Waals surface area contributed by atoms with Crippen molar-refractivity contribution in [3.63, 3.8) is 0 Å². The fraction of sp³-hybridized carbons (Fsp3) is 0.444. The van der Waals surface area contributed by atoms with E-state index in [0.29, 0.717) is 0 Å². The first-order valence-corrected chi connectivity index (χ1v) is 8.03. The van der Waals surface area contributed by atoms with Crippen LogP contribution in [0.4, 0.5) is 5.69 Å². The van der Waals surface area contributed by atoms with E-state index in [2.05, 4.69) is 46.2 Å². The first-order valence-electron chi connectivity index (χ1n) is 8.03. The SMILES string of the molecule is Nc1cc2ccccc2cc1CN1CCN2CCCC2C1. The minimum absolute atomic E-state index is 0.778. The van der Waals surface area contributed by atoms with Crippen LogP contribution in [0.3, 0.4) is 0 Å². The maximum absolute atomic E-state index is 6.27. The molecule has 2 aromatic carbocycles. The summed E-state index contributed by atoms with van der Waals surface area (Å²) in [6.07, 6.45) is 2.74. The third kappa shape index (κ3) is 2.52. The molecule has 0 radical (unpaired) electrons. The molecule has 0 saturated carbocycles. The van der Waals surface area contributed by atoms with Crippen LogP contribution < -0.4 is 5.73 Å². The number of benzene rings is 2. The van der Waals surface area contributed by atoms with Crippen molar-refractivity contribution < 1.29 is 0 Å². The first kappa shape index (κ1) is 13.1. The van der Waals surface area contributed by atoms with Gasteiger partial charge in [-0.2, -0.15) is 0 Å². The molecule has 0 aromatic heterocycles. The molecule has 2 heterocycles. The number of hydrogen-bond acceptors (Lipinski definition) is 3. The number of hydrogen-bond donors (Lipinski definition) is 1. The molecule has 2 fully saturated rings. The number of nitrogens with zero attached hydrogens (tertiary/aromatic N) is 2. The first-order chi connectivity index (χ1) is 10.3. The number of rotatable bonds is 2. The van der Waals surface area contributed by atoms with Crippen molar-refractivity contribution in [1.29, 1.82) is 0 Å². The number of nitrogens with two attached hydrogens (primary N) is 1. The molecule has 21 heavy (non-hydrogen) atoms. The average Bonchev–Trinajstić information content (AvgIpc) is 2.95. The van der Waals surface area contributed by atoms with Gasteiger partial charge < -0.3 is 5.73 Å². The van der Waals surface area contributed by atoms with Crippen LogP contribution in [0.5, 0.6) is 0 Å². The van der Waals surface area contributed by atoms with E-state index in [1.807, 2.05) is 0 Å². The van der Waals surface area contributed by atoms with Crippen LogP contribution in [-0.2, 0) is 6.54 Å². The Morgan fingerprint density at radius 1 is 1.05 bits per heavy atom. The Morgan fingerprint density at radius 3 is 2.71 bits per heavy atom. The third-order valence-corrected chi connectivity index (χ3v) is 5.07. The summed E-state index contributed by atoms with van der Waals surface area (Å²) in [5.74, 6) is 0. The molecule has 2 N–H and O–H groups in total. The van der Waals surface area contributed by atoms with Crippen LogP contribution in [-0.4, -0.2) is 42.0 Å². The van der Waals surface area contributed by atoms with Crippen molar-refractivity contribution in [3.05, 3.63) is 42.0 Å². The van der Waals surface area contributed by atoms with Crippen LogP contribution >= 0.6 is 0 Å². The van der Waals surface area contributed by atoms with Gasteiger partial charge in [0.25, 0.3) is 0 Å². The van der Waals surface area contributed by atoms with Gasteiger partial charge in [-0.05, 0) is 47.9 Å². The summed E-state index contributed by atoms with van der Waals surface area (Å²) >= 11 is 0. The minimum Gasteiger partial charge on any atom is -0.398 e. The lowest BCUT2D eigenvalue weighted by molar-refractivity contribution is 0.0995. The van der Waals surface area contributed by atoms with E-state index in [9.17, 15) is 0 Å². The van der Waals surface area contributed by atoms with Crippen LogP contribution in [0.2, 0.25) is 0 Å². The highest BCUT2D eigenvalue weighted by Crippen LogP contribution is 2.26. The molecule has 3 heteroatoms. The van der Waals surface area contributed by atoms with Gasteiger partial charge in [0.2, 0.25) is 0 Å². The van der Waals surface area contributed by atoms with E-state index >= 15 is 0 Å². The van der Waals surface area contributed by atoms with Crippen molar-refractivity contribution in [3.8, 4) is 0 Å². The number of nitrogen functional groups attached to an aromatic ring is 1. The predicted molar refractivity (Wildman–Crippen MR) is 88.2 cm³/mol. The van der Waals surface area contributed by atoms with Gasteiger partial charge in [-0.15, -0.1) is 0 Å². The van der Waals surface area contributed by atoms with Crippen molar-refractivity contribution in [2.75, 3.05) is 31.9 Å². The van der Waals surface area contributed by atoms with Gasteiger partial charge >= 0.3 is 0 Å². The Hall–Kier alpha value is -1.58. The Bertz CT molecular complexity index is 652. The molecular formula is C18H23N3. The monoisotopic (exact) mass is 281 g/mol. The largest absolute Gasteiger partial charge is 0.398 e. The zero-order chi connectivity index (χ0) is 14.2. The van der Waals surface area contributed by atoms with Crippen LogP contribution in [0.25, 0.3) is 10.8 Å². The van der Waals surface area contributed by atoms with Gasteiger partial charge in [0.05, 0.1) is 0 Å². The van der Waals surface area contributed by atoms with Crippen molar-refractivity contribution in [2.45, 2.75) is 25.4 Å². The molecule has 2 saturated heterocycles. The lowest BCUT2D eigenvalue weighted by atomic mass is 10.0. The zero-order valence-corrected chi connectivity index (χ0v) is 12.5. The van der Waals surface area contributed by atoms with Gasteiger partial charge in [0.1, 0.15) is 0 Å². The van der Waals surface area contributed by atoms with Crippen molar-refractivity contribution in [2.24, 2.45) is 0 Å².